The molecule has 0 aromatic heterocycles. The third-order valence-electron chi connectivity index (χ3n) is 2.20. The minimum Gasteiger partial charge on any atom is -0.379 e. The molecule has 1 fully saturated rings. The monoisotopic (exact) mass is 251 g/mol. The van der Waals surface area contributed by atoms with Gasteiger partial charge in [0.15, 0.2) is 0 Å². The van der Waals surface area contributed by atoms with Crippen LogP contribution in [0.1, 0.15) is 0 Å². The van der Waals surface area contributed by atoms with Gasteiger partial charge in [0.1, 0.15) is 0 Å². The molecule has 16 heavy (non-hydrogen) atoms. The summed E-state index contributed by atoms with van der Waals surface area (Å²) >= 11 is 0. The van der Waals surface area contributed by atoms with E-state index in [9.17, 15) is 26.3 Å². The summed E-state index contributed by atoms with van der Waals surface area (Å²) in [6.45, 7) is -0.741. The van der Waals surface area contributed by atoms with E-state index in [1.54, 1.807) is 0 Å². The standard InChI is InChI=1S/C8H11F6NO/c9-6(8(12,13)14)7(10,11)5-15-1-3-16-4-2-15/h6H,1-5H2. The number of ether oxygens (including phenoxy) is 1. The van der Waals surface area contributed by atoms with Gasteiger partial charge in [-0.2, -0.15) is 13.2 Å². The molecule has 0 N–H and O–H groups in total. The predicted molar refractivity (Wildman–Crippen MR) is 43.2 cm³/mol. The van der Waals surface area contributed by atoms with Crippen LogP contribution in [0.5, 0.6) is 0 Å². The molecule has 0 aromatic rings. The molecule has 0 aromatic carbocycles. The van der Waals surface area contributed by atoms with Crippen LogP contribution in [0.15, 0.2) is 0 Å². The molecule has 2 nitrogen and oxygen atoms in total. The third kappa shape index (κ3) is 3.51. The summed E-state index contributed by atoms with van der Waals surface area (Å²) in [6, 6.07) is 0. The minimum atomic E-state index is -5.53. The van der Waals surface area contributed by atoms with Crippen LogP contribution in [0.3, 0.4) is 0 Å². The van der Waals surface area contributed by atoms with Crippen molar-refractivity contribution in [3.63, 3.8) is 0 Å². The number of morpholine rings is 1. The summed E-state index contributed by atoms with van der Waals surface area (Å²) in [5.41, 5.74) is 0. The Balaban J connectivity index is 2.55. The molecule has 1 aliphatic rings. The summed E-state index contributed by atoms with van der Waals surface area (Å²) in [5, 5.41) is 0. The van der Waals surface area contributed by atoms with Crippen molar-refractivity contribution >= 4 is 0 Å². The van der Waals surface area contributed by atoms with E-state index >= 15 is 0 Å². The van der Waals surface area contributed by atoms with Crippen molar-refractivity contribution in [2.24, 2.45) is 0 Å². The first kappa shape index (κ1) is 13.6. The summed E-state index contributed by atoms with van der Waals surface area (Å²) in [5.74, 6) is -4.42. The van der Waals surface area contributed by atoms with Gasteiger partial charge < -0.3 is 4.74 Å². The number of alkyl halides is 6. The van der Waals surface area contributed by atoms with Crippen LogP contribution in [0.4, 0.5) is 26.3 Å². The maximum absolute atomic E-state index is 12.9. The van der Waals surface area contributed by atoms with Crippen LogP contribution >= 0.6 is 0 Å². The van der Waals surface area contributed by atoms with Gasteiger partial charge in [-0.15, -0.1) is 0 Å². The minimum absolute atomic E-state index is 0.0835. The topological polar surface area (TPSA) is 12.5 Å². The van der Waals surface area contributed by atoms with E-state index in [2.05, 4.69) is 0 Å². The molecule has 0 amide bonds. The van der Waals surface area contributed by atoms with Crippen molar-refractivity contribution in [2.75, 3.05) is 32.8 Å². The summed E-state index contributed by atoms with van der Waals surface area (Å²) in [7, 11) is 0. The average Bonchev–Trinajstić information content (AvgIpc) is 2.16. The van der Waals surface area contributed by atoms with Crippen molar-refractivity contribution in [1.29, 1.82) is 0 Å². The Hall–Kier alpha value is -0.500. The van der Waals surface area contributed by atoms with E-state index in [1.165, 1.54) is 0 Å². The first-order valence-corrected chi connectivity index (χ1v) is 4.62. The second kappa shape index (κ2) is 4.79. The van der Waals surface area contributed by atoms with Crippen molar-refractivity contribution in [3.8, 4) is 0 Å². The molecule has 1 atom stereocenters. The molecule has 0 spiro atoms. The highest BCUT2D eigenvalue weighted by Gasteiger charge is 2.57. The number of hydrogen-bond donors (Lipinski definition) is 0. The van der Waals surface area contributed by atoms with Gasteiger partial charge in [-0.25, -0.2) is 13.2 Å². The highest BCUT2D eigenvalue weighted by atomic mass is 19.4. The van der Waals surface area contributed by atoms with E-state index in [4.69, 9.17) is 4.74 Å². The van der Waals surface area contributed by atoms with Crippen molar-refractivity contribution in [3.05, 3.63) is 0 Å². The molecule has 96 valence electrons. The van der Waals surface area contributed by atoms with Crippen LogP contribution in [-0.2, 0) is 4.74 Å². The third-order valence-corrected chi connectivity index (χ3v) is 2.20. The predicted octanol–water partition coefficient (Wildman–Crippen LogP) is 1.85. The molecule has 0 aliphatic carbocycles. The van der Waals surface area contributed by atoms with Crippen LogP contribution in [0.2, 0.25) is 0 Å². The fourth-order valence-electron chi connectivity index (χ4n) is 1.38. The fraction of sp³-hybridized carbons (Fsp3) is 1.00. The van der Waals surface area contributed by atoms with Crippen LogP contribution < -0.4 is 0 Å². The van der Waals surface area contributed by atoms with E-state index in [-0.39, 0.29) is 26.3 Å². The average molecular weight is 251 g/mol. The van der Waals surface area contributed by atoms with Gasteiger partial charge in [0, 0.05) is 13.1 Å². The Morgan fingerprint density at radius 1 is 1.06 bits per heavy atom. The Labute approximate surface area is 88.2 Å². The Morgan fingerprint density at radius 2 is 1.56 bits per heavy atom. The fourth-order valence-corrected chi connectivity index (χ4v) is 1.38. The van der Waals surface area contributed by atoms with Crippen molar-refractivity contribution in [2.45, 2.75) is 18.3 Å². The zero-order valence-corrected chi connectivity index (χ0v) is 8.24. The molecule has 1 rings (SSSR count). The molecule has 1 saturated heterocycles. The Bertz CT molecular complexity index is 225. The molecule has 0 bridgehead atoms. The second-order valence-corrected chi connectivity index (χ2v) is 3.55. The number of nitrogens with zero attached hydrogens (tertiary/aromatic N) is 1. The summed E-state index contributed by atoms with van der Waals surface area (Å²) in [4.78, 5) is 1.06. The van der Waals surface area contributed by atoms with Crippen LogP contribution in [-0.4, -0.2) is 56.0 Å². The number of halogens is 6. The molecule has 8 heteroatoms. The lowest BCUT2D eigenvalue weighted by Gasteiger charge is -2.31. The van der Waals surface area contributed by atoms with Crippen LogP contribution in [0, 0.1) is 0 Å². The molecular weight excluding hydrogens is 240 g/mol. The molecule has 0 radical (unpaired) electrons. The van der Waals surface area contributed by atoms with Crippen molar-refractivity contribution < 1.29 is 31.1 Å². The van der Waals surface area contributed by atoms with Gasteiger partial charge in [0.2, 0.25) is 0 Å². The van der Waals surface area contributed by atoms with Gasteiger partial charge in [-0.3, -0.25) is 4.90 Å². The molecule has 0 saturated carbocycles. The number of hydrogen-bond acceptors (Lipinski definition) is 2. The summed E-state index contributed by atoms with van der Waals surface area (Å²) < 4.78 is 78.6. The molecular formula is C8H11F6NO. The molecule has 1 unspecified atom stereocenters. The lowest BCUT2D eigenvalue weighted by molar-refractivity contribution is -0.248. The quantitative estimate of drug-likeness (QED) is 0.710. The van der Waals surface area contributed by atoms with Gasteiger partial charge >= 0.3 is 6.18 Å². The normalized spacial score (nSPS) is 22.1. The Morgan fingerprint density at radius 3 is 2.00 bits per heavy atom. The SMILES string of the molecule is FC(C(F)(F)F)C(F)(F)CN1CCOCC1. The zero-order chi connectivity index (χ0) is 12.4. The van der Waals surface area contributed by atoms with Gasteiger partial charge in [-0.05, 0) is 0 Å². The van der Waals surface area contributed by atoms with Gasteiger partial charge in [0.25, 0.3) is 12.1 Å². The lowest BCUT2D eigenvalue weighted by atomic mass is 10.2. The maximum atomic E-state index is 12.9. The van der Waals surface area contributed by atoms with Crippen LogP contribution in [0.25, 0.3) is 0 Å². The zero-order valence-electron chi connectivity index (χ0n) is 8.24. The smallest absolute Gasteiger partial charge is 0.379 e. The molecule has 1 heterocycles. The Kier molecular flexibility index (Phi) is 4.06. The second-order valence-electron chi connectivity index (χ2n) is 3.55. The first-order chi connectivity index (χ1) is 7.23. The van der Waals surface area contributed by atoms with Crippen molar-refractivity contribution in [1.82, 2.24) is 4.90 Å². The lowest BCUT2D eigenvalue weighted by Crippen LogP contribution is -2.51. The van der Waals surface area contributed by atoms with E-state index in [0.29, 0.717) is 0 Å². The van der Waals surface area contributed by atoms with Gasteiger partial charge in [0.05, 0.1) is 19.8 Å². The highest BCUT2D eigenvalue weighted by Crippen LogP contribution is 2.35. The van der Waals surface area contributed by atoms with E-state index in [0.717, 1.165) is 4.90 Å². The summed E-state index contributed by atoms with van der Waals surface area (Å²) in [6.07, 6.45) is -9.65. The van der Waals surface area contributed by atoms with E-state index in [1.807, 2.05) is 0 Å². The number of rotatable bonds is 3. The maximum Gasteiger partial charge on any atom is 0.425 e. The van der Waals surface area contributed by atoms with E-state index < -0.39 is 24.8 Å². The van der Waals surface area contributed by atoms with Gasteiger partial charge in [-0.1, -0.05) is 0 Å². The highest BCUT2D eigenvalue weighted by molar-refractivity contribution is 4.86. The largest absolute Gasteiger partial charge is 0.425 e. The molecule has 1 aliphatic heterocycles. The first-order valence-electron chi connectivity index (χ1n) is 4.62.